The Morgan fingerprint density at radius 2 is 2.09 bits per heavy atom. The number of hydrogen-bond donors (Lipinski definition) is 1. The van der Waals surface area contributed by atoms with E-state index in [-0.39, 0.29) is 18.1 Å². The molecule has 11 heteroatoms. The summed E-state index contributed by atoms with van der Waals surface area (Å²) < 4.78 is 42.7. The quantitative estimate of drug-likeness (QED) is 0.664. The SMILES string of the molecule is CN(C)c1noc(CNc2ccc(C(F)(F)F)cc2[N+](=O)[O-])n1. The van der Waals surface area contributed by atoms with Gasteiger partial charge in [0.05, 0.1) is 17.0 Å². The zero-order chi connectivity index (χ0) is 17.2. The number of aromatic nitrogens is 2. The molecule has 0 atom stereocenters. The molecule has 23 heavy (non-hydrogen) atoms. The second-order valence-corrected chi connectivity index (χ2v) is 4.72. The average Bonchev–Trinajstić information content (AvgIpc) is 2.92. The molecule has 0 unspecified atom stereocenters. The van der Waals surface area contributed by atoms with Gasteiger partial charge in [0.1, 0.15) is 5.69 Å². The van der Waals surface area contributed by atoms with E-state index in [2.05, 4.69) is 15.5 Å². The highest BCUT2D eigenvalue weighted by molar-refractivity contribution is 5.62. The number of benzene rings is 1. The standard InChI is InChI=1S/C12H12F3N5O3/c1-19(2)11-17-10(23-18-11)6-16-8-4-3-7(12(13,14)15)5-9(8)20(21)22/h3-5,16H,6H2,1-2H3. The Kier molecular flexibility index (Phi) is 4.38. The lowest BCUT2D eigenvalue weighted by atomic mass is 10.1. The van der Waals surface area contributed by atoms with Crippen LogP contribution in [0, 0.1) is 10.1 Å². The Bertz CT molecular complexity index is 714. The number of nitrogens with one attached hydrogen (secondary N) is 1. The number of alkyl halides is 3. The molecule has 0 spiro atoms. The molecule has 124 valence electrons. The van der Waals surface area contributed by atoms with Crippen molar-refractivity contribution in [3.63, 3.8) is 0 Å². The van der Waals surface area contributed by atoms with Gasteiger partial charge in [-0.05, 0) is 17.3 Å². The molecule has 1 aromatic heterocycles. The molecule has 0 amide bonds. The van der Waals surface area contributed by atoms with E-state index >= 15 is 0 Å². The second-order valence-electron chi connectivity index (χ2n) is 4.72. The smallest absolute Gasteiger partial charge is 0.371 e. The predicted molar refractivity (Wildman–Crippen MR) is 74.1 cm³/mol. The van der Waals surface area contributed by atoms with Crippen LogP contribution in [0.2, 0.25) is 0 Å². The number of anilines is 2. The Morgan fingerprint density at radius 1 is 1.39 bits per heavy atom. The third-order valence-electron chi connectivity index (χ3n) is 2.81. The lowest BCUT2D eigenvalue weighted by molar-refractivity contribution is -0.384. The minimum atomic E-state index is -4.66. The molecule has 1 N–H and O–H groups in total. The van der Waals surface area contributed by atoms with E-state index in [1.54, 1.807) is 19.0 Å². The van der Waals surface area contributed by atoms with Gasteiger partial charge in [-0.1, -0.05) is 0 Å². The maximum atomic E-state index is 12.6. The van der Waals surface area contributed by atoms with Crippen LogP contribution in [-0.4, -0.2) is 29.2 Å². The predicted octanol–water partition coefficient (Wildman–Crippen LogP) is 2.67. The normalized spacial score (nSPS) is 11.3. The van der Waals surface area contributed by atoms with E-state index in [1.165, 1.54) is 0 Å². The fourth-order valence-corrected chi connectivity index (χ4v) is 1.68. The van der Waals surface area contributed by atoms with Crippen molar-refractivity contribution in [1.82, 2.24) is 10.1 Å². The topological polar surface area (TPSA) is 97.3 Å². The second kappa shape index (κ2) is 6.10. The highest BCUT2D eigenvalue weighted by atomic mass is 19.4. The van der Waals surface area contributed by atoms with Crippen LogP contribution in [0.4, 0.5) is 30.5 Å². The third kappa shape index (κ3) is 3.87. The molecule has 1 aromatic carbocycles. The van der Waals surface area contributed by atoms with Gasteiger partial charge in [-0.3, -0.25) is 10.1 Å². The number of halogens is 3. The first kappa shape index (κ1) is 16.5. The molecule has 0 aliphatic heterocycles. The van der Waals surface area contributed by atoms with Crippen LogP contribution >= 0.6 is 0 Å². The average molecular weight is 331 g/mol. The lowest BCUT2D eigenvalue weighted by Gasteiger charge is -2.09. The van der Waals surface area contributed by atoms with Gasteiger partial charge in [-0.25, -0.2) is 0 Å². The van der Waals surface area contributed by atoms with Gasteiger partial charge in [-0.2, -0.15) is 18.2 Å². The van der Waals surface area contributed by atoms with E-state index in [9.17, 15) is 23.3 Å². The van der Waals surface area contributed by atoms with Crippen LogP contribution in [0.1, 0.15) is 11.5 Å². The molecule has 0 saturated carbocycles. The van der Waals surface area contributed by atoms with Crippen LogP contribution < -0.4 is 10.2 Å². The minimum absolute atomic E-state index is 0.0625. The molecule has 0 aliphatic rings. The van der Waals surface area contributed by atoms with Crippen molar-refractivity contribution >= 4 is 17.3 Å². The van der Waals surface area contributed by atoms with Gasteiger partial charge in [0.25, 0.3) is 11.6 Å². The maximum absolute atomic E-state index is 12.6. The number of nitro benzene ring substituents is 1. The molecule has 8 nitrogen and oxygen atoms in total. The van der Waals surface area contributed by atoms with Crippen molar-refractivity contribution in [2.75, 3.05) is 24.3 Å². The zero-order valence-corrected chi connectivity index (χ0v) is 12.1. The summed E-state index contributed by atoms with van der Waals surface area (Å²) in [6.07, 6.45) is -4.66. The zero-order valence-electron chi connectivity index (χ0n) is 12.1. The van der Waals surface area contributed by atoms with Gasteiger partial charge < -0.3 is 14.7 Å². The van der Waals surface area contributed by atoms with E-state index in [0.717, 1.165) is 12.1 Å². The lowest BCUT2D eigenvalue weighted by Crippen LogP contribution is -2.10. The van der Waals surface area contributed by atoms with E-state index in [0.29, 0.717) is 12.0 Å². The maximum Gasteiger partial charge on any atom is 0.416 e. The summed E-state index contributed by atoms with van der Waals surface area (Å²) in [6.45, 7) is -0.0625. The van der Waals surface area contributed by atoms with Gasteiger partial charge in [0.15, 0.2) is 0 Å². The largest absolute Gasteiger partial charge is 0.416 e. The highest BCUT2D eigenvalue weighted by Gasteiger charge is 2.33. The molecule has 0 bridgehead atoms. The van der Waals surface area contributed by atoms with Gasteiger partial charge in [0.2, 0.25) is 5.89 Å². The van der Waals surface area contributed by atoms with Gasteiger partial charge in [-0.15, -0.1) is 0 Å². The van der Waals surface area contributed by atoms with Crippen LogP contribution in [-0.2, 0) is 12.7 Å². The van der Waals surface area contributed by atoms with Crippen LogP contribution in [0.5, 0.6) is 0 Å². The molecule has 2 aromatic rings. The first-order valence-electron chi connectivity index (χ1n) is 6.28. The Morgan fingerprint density at radius 3 is 2.61 bits per heavy atom. The summed E-state index contributed by atoms with van der Waals surface area (Å²) in [4.78, 5) is 15.6. The number of nitrogens with zero attached hydrogens (tertiary/aromatic N) is 4. The number of rotatable bonds is 5. The molecular formula is C12H12F3N5O3. The molecule has 2 rings (SSSR count). The first-order valence-corrected chi connectivity index (χ1v) is 6.28. The van der Waals surface area contributed by atoms with E-state index in [1.807, 2.05) is 0 Å². The Labute approximate surface area is 128 Å². The fourth-order valence-electron chi connectivity index (χ4n) is 1.68. The molecule has 0 aliphatic carbocycles. The summed E-state index contributed by atoms with van der Waals surface area (Å²) in [7, 11) is 3.39. The Balaban J connectivity index is 2.20. The molecule has 1 heterocycles. The van der Waals surface area contributed by atoms with Crippen molar-refractivity contribution in [3.05, 3.63) is 39.8 Å². The molecule has 0 fully saturated rings. The minimum Gasteiger partial charge on any atom is -0.371 e. The third-order valence-corrected chi connectivity index (χ3v) is 2.81. The van der Waals surface area contributed by atoms with Crippen LogP contribution in [0.3, 0.4) is 0 Å². The summed E-state index contributed by atoms with van der Waals surface area (Å²) in [6, 6.07) is 2.22. The fraction of sp³-hybridized carbons (Fsp3) is 0.333. The van der Waals surface area contributed by atoms with Crippen LogP contribution in [0.25, 0.3) is 0 Å². The van der Waals surface area contributed by atoms with Gasteiger partial charge >= 0.3 is 6.18 Å². The van der Waals surface area contributed by atoms with Crippen molar-refractivity contribution < 1.29 is 22.6 Å². The summed E-state index contributed by atoms with van der Waals surface area (Å²) in [5.74, 6) is 0.451. The first-order chi connectivity index (χ1) is 10.7. The van der Waals surface area contributed by atoms with Gasteiger partial charge in [0, 0.05) is 20.2 Å². The van der Waals surface area contributed by atoms with E-state index < -0.39 is 22.4 Å². The van der Waals surface area contributed by atoms with E-state index in [4.69, 9.17) is 4.52 Å². The monoisotopic (exact) mass is 331 g/mol. The molecule has 0 saturated heterocycles. The molecular weight excluding hydrogens is 319 g/mol. The van der Waals surface area contributed by atoms with Crippen molar-refractivity contribution in [1.29, 1.82) is 0 Å². The Hall–Kier alpha value is -2.85. The van der Waals surface area contributed by atoms with Crippen molar-refractivity contribution in [2.24, 2.45) is 0 Å². The number of nitro groups is 1. The van der Waals surface area contributed by atoms with Crippen LogP contribution in [0.15, 0.2) is 22.7 Å². The van der Waals surface area contributed by atoms with Crippen molar-refractivity contribution in [3.8, 4) is 0 Å². The number of hydrogen-bond acceptors (Lipinski definition) is 7. The molecule has 0 radical (unpaired) electrons. The highest BCUT2D eigenvalue weighted by Crippen LogP contribution is 2.35. The summed E-state index contributed by atoms with van der Waals surface area (Å²) >= 11 is 0. The van der Waals surface area contributed by atoms with Crippen molar-refractivity contribution in [2.45, 2.75) is 12.7 Å². The summed E-state index contributed by atoms with van der Waals surface area (Å²) in [5.41, 5.74) is -1.86. The summed E-state index contributed by atoms with van der Waals surface area (Å²) in [5, 5.41) is 17.2.